The number of hydrogen-bond acceptors (Lipinski definition) is 4. The van der Waals surface area contributed by atoms with Crippen LogP contribution in [0.3, 0.4) is 0 Å². The highest BCUT2D eigenvalue weighted by Gasteiger charge is 2.44. The number of carboxylic acid groups (broad SMARTS) is 1. The van der Waals surface area contributed by atoms with E-state index in [4.69, 9.17) is 23.2 Å². The topological polar surface area (TPSA) is 96.4 Å². The third-order valence-corrected chi connectivity index (χ3v) is 11.1. The van der Waals surface area contributed by atoms with E-state index in [0.29, 0.717) is 61.3 Å². The van der Waals surface area contributed by atoms with Gasteiger partial charge in [0, 0.05) is 44.0 Å². The molecule has 46 heavy (non-hydrogen) atoms. The highest BCUT2D eigenvalue weighted by atomic mass is 35.5. The van der Waals surface area contributed by atoms with Gasteiger partial charge in [-0.2, -0.15) is 0 Å². The Morgan fingerprint density at radius 1 is 1.00 bits per heavy atom. The van der Waals surface area contributed by atoms with Crippen LogP contribution in [0.1, 0.15) is 57.1 Å². The average Bonchev–Trinajstić information content (AvgIpc) is 3.23. The smallest absolute Gasteiger partial charge is 0.407 e. The fraction of sp³-hybridized carbons (Fsp3) is 0.571. The number of carbonyl (C=O) groups excluding carboxylic acids is 2. The van der Waals surface area contributed by atoms with Gasteiger partial charge in [0.1, 0.15) is 0 Å². The van der Waals surface area contributed by atoms with Crippen LogP contribution in [-0.2, 0) is 17.6 Å². The second kappa shape index (κ2) is 15.7. The monoisotopic (exact) mass is 671 g/mol. The summed E-state index contributed by atoms with van der Waals surface area (Å²) in [6.45, 7) is 9.63. The van der Waals surface area contributed by atoms with Crippen LogP contribution in [0.25, 0.3) is 0 Å². The molecule has 5 rings (SSSR count). The van der Waals surface area contributed by atoms with Gasteiger partial charge in [-0.3, -0.25) is 4.79 Å². The van der Waals surface area contributed by atoms with Crippen LogP contribution in [0.4, 0.5) is 15.3 Å². The first-order chi connectivity index (χ1) is 22.2. The fourth-order valence-electron chi connectivity index (χ4n) is 7.51. The molecule has 0 radical (unpaired) electrons. The summed E-state index contributed by atoms with van der Waals surface area (Å²) in [4.78, 5) is 48.2. The summed E-state index contributed by atoms with van der Waals surface area (Å²) in [5.74, 6) is -0.0908. The van der Waals surface area contributed by atoms with Crippen LogP contribution in [0, 0.1) is 11.8 Å². The number of nitrogens with zero attached hydrogens (tertiary/aromatic N) is 4. The van der Waals surface area contributed by atoms with Crippen LogP contribution >= 0.6 is 23.2 Å². The molecule has 2 N–H and O–H groups in total. The molecule has 9 nitrogen and oxygen atoms in total. The highest BCUT2D eigenvalue weighted by molar-refractivity contribution is 6.42. The molecule has 3 aliphatic heterocycles. The Bertz CT molecular complexity index is 1380. The standard InChI is InChI=1S/C35H47Cl2N5O4/c1-3-39(4-2)16-11-24-12-17-40(18-13-24)33(43)28(21-25-9-10-29(36)30(37)22-25)32-23-27(15-20-42(32)35(45)46)41-19-14-26-7-5-6-8-31(26)38-34(41)44/h5-10,22,24,27-28,32H,3-4,11-21,23H2,1-2H3,(H,38,44)(H,45,46)/t27?,28?,32-/m1/s1. The third kappa shape index (κ3) is 8.09. The lowest BCUT2D eigenvalue weighted by Crippen LogP contribution is -2.59. The van der Waals surface area contributed by atoms with Gasteiger partial charge in [0.2, 0.25) is 5.91 Å². The summed E-state index contributed by atoms with van der Waals surface area (Å²) in [6.07, 6.45) is 3.89. The van der Waals surface area contributed by atoms with Crippen molar-refractivity contribution in [1.29, 1.82) is 0 Å². The minimum atomic E-state index is -1.04. The normalized spacial score (nSPS) is 21.5. The molecule has 2 fully saturated rings. The van der Waals surface area contributed by atoms with Crippen molar-refractivity contribution in [3.63, 3.8) is 0 Å². The molecule has 0 saturated carbocycles. The number of hydrogen-bond donors (Lipinski definition) is 2. The first-order valence-corrected chi connectivity index (χ1v) is 17.5. The van der Waals surface area contributed by atoms with E-state index in [0.717, 1.165) is 55.7 Å². The van der Waals surface area contributed by atoms with Crippen LogP contribution in [-0.4, -0.2) is 101 Å². The zero-order valence-corrected chi connectivity index (χ0v) is 28.5. The van der Waals surface area contributed by atoms with Crippen molar-refractivity contribution in [3.8, 4) is 0 Å². The number of piperidine rings is 2. The lowest BCUT2D eigenvalue weighted by molar-refractivity contribution is -0.140. The maximum atomic E-state index is 14.5. The van der Waals surface area contributed by atoms with Gasteiger partial charge >= 0.3 is 12.1 Å². The van der Waals surface area contributed by atoms with Crippen LogP contribution < -0.4 is 5.32 Å². The average molecular weight is 673 g/mol. The number of urea groups is 1. The summed E-state index contributed by atoms with van der Waals surface area (Å²) < 4.78 is 0. The molecule has 3 atom stereocenters. The molecule has 2 unspecified atom stereocenters. The van der Waals surface area contributed by atoms with Gasteiger partial charge in [0.15, 0.2) is 0 Å². The minimum Gasteiger partial charge on any atom is -0.465 e. The zero-order chi connectivity index (χ0) is 32.8. The molecular formula is C35H47Cl2N5O4. The lowest BCUT2D eigenvalue weighted by Gasteiger charge is -2.45. The Morgan fingerprint density at radius 3 is 2.43 bits per heavy atom. The molecule has 4 amide bonds. The van der Waals surface area contributed by atoms with Crippen LogP contribution in [0.2, 0.25) is 10.0 Å². The molecule has 250 valence electrons. The van der Waals surface area contributed by atoms with E-state index in [1.54, 1.807) is 12.1 Å². The van der Waals surface area contributed by atoms with E-state index in [-0.39, 0.29) is 24.5 Å². The Hall–Kier alpha value is -3.01. The number of amides is 4. The number of likely N-dealkylation sites (tertiary alicyclic amines) is 2. The van der Waals surface area contributed by atoms with E-state index in [1.807, 2.05) is 40.1 Å². The molecule has 3 heterocycles. The van der Waals surface area contributed by atoms with Crippen molar-refractivity contribution in [1.82, 2.24) is 19.6 Å². The molecule has 2 saturated heterocycles. The SMILES string of the molecule is CCN(CC)CCC1CCN(C(=O)C(Cc2ccc(Cl)c(Cl)c2)[C@H]2CC(N3CCc4ccccc4NC3=O)CCN2C(=O)O)CC1. The molecule has 3 aliphatic rings. The number of nitrogens with one attached hydrogen (secondary N) is 1. The molecule has 2 aromatic rings. The third-order valence-electron chi connectivity index (χ3n) is 10.3. The largest absolute Gasteiger partial charge is 0.465 e. The minimum absolute atomic E-state index is 0.0297. The number of fused-ring (bicyclic) bond motifs is 1. The second-order valence-electron chi connectivity index (χ2n) is 12.9. The van der Waals surface area contributed by atoms with Crippen LogP contribution in [0.15, 0.2) is 42.5 Å². The predicted molar refractivity (Wildman–Crippen MR) is 183 cm³/mol. The Kier molecular flexibility index (Phi) is 11.7. The number of carbonyl (C=O) groups is 3. The second-order valence-corrected chi connectivity index (χ2v) is 13.7. The number of halogens is 2. The van der Waals surface area contributed by atoms with Gasteiger partial charge in [-0.15, -0.1) is 0 Å². The summed E-state index contributed by atoms with van der Waals surface area (Å²) in [5.41, 5.74) is 2.71. The molecule has 0 spiro atoms. The van der Waals surface area contributed by atoms with Crippen molar-refractivity contribution in [2.24, 2.45) is 11.8 Å². The quantitative estimate of drug-likeness (QED) is 0.292. The zero-order valence-electron chi connectivity index (χ0n) is 27.0. The Balaban J connectivity index is 1.37. The molecule has 11 heteroatoms. The number of rotatable bonds is 10. The highest BCUT2D eigenvalue weighted by Crippen LogP contribution is 2.34. The van der Waals surface area contributed by atoms with Crippen molar-refractivity contribution < 1.29 is 19.5 Å². The summed E-state index contributed by atoms with van der Waals surface area (Å²) in [7, 11) is 0. The van der Waals surface area contributed by atoms with Gasteiger partial charge in [0.25, 0.3) is 0 Å². The van der Waals surface area contributed by atoms with E-state index >= 15 is 0 Å². The summed E-state index contributed by atoms with van der Waals surface area (Å²) in [6, 6.07) is 12.2. The number of benzene rings is 2. The Labute approximate surface area is 282 Å². The predicted octanol–water partition coefficient (Wildman–Crippen LogP) is 6.72. The Morgan fingerprint density at radius 2 is 1.74 bits per heavy atom. The van der Waals surface area contributed by atoms with Crippen LogP contribution in [0.5, 0.6) is 0 Å². The van der Waals surface area contributed by atoms with Crippen molar-refractivity contribution >= 4 is 46.9 Å². The summed E-state index contributed by atoms with van der Waals surface area (Å²) >= 11 is 12.6. The summed E-state index contributed by atoms with van der Waals surface area (Å²) in [5, 5.41) is 14.2. The van der Waals surface area contributed by atoms with Gasteiger partial charge in [-0.05, 0) is 99.8 Å². The van der Waals surface area contributed by atoms with Crippen molar-refractivity contribution in [3.05, 3.63) is 63.6 Å². The number of anilines is 1. The molecule has 0 bridgehead atoms. The van der Waals surface area contributed by atoms with E-state index in [9.17, 15) is 19.5 Å². The van der Waals surface area contributed by atoms with E-state index in [2.05, 4.69) is 24.1 Å². The van der Waals surface area contributed by atoms with Gasteiger partial charge in [-0.25, -0.2) is 9.59 Å². The molecular weight excluding hydrogens is 625 g/mol. The number of para-hydroxylation sites is 1. The van der Waals surface area contributed by atoms with E-state index in [1.165, 1.54) is 4.90 Å². The molecule has 0 aliphatic carbocycles. The maximum Gasteiger partial charge on any atom is 0.407 e. The fourth-order valence-corrected chi connectivity index (χ4v) is 7.83. The maximum absolute atomic E-state index is 14.5. The van der Waals surface area contributed by atoms with Gasteiger partial charge in [0.05, 0.1) is 16.0 Å². The molecule has 0 aromatic heterocycles. The first kappa shape index (κ1) is 34.3. The lowest BCUT2D eigenvalue weighted by atomic mass is 9.82. The van der Waals surface area contributed by atoms with Crippen molar-refractivity contribution in [2.75, 3.05) is 51.1 Å². The van der Waals surface area contributed by atoms with Gasteiger partial charge in [-0.1, -0.05) is 61.3 Å². The first-order valence-electron chi connectivity index (χ1n) is 16.8. The van der Waals surface area contributed by atoms with E-state index < -0.39 is 18.1 Å². The van der Waals surface area contributed by atoms with Crippen molar-refractivity contribution in [2.45, 2.75) is 70.9 Å². The van der Waals surface area contributed by atoms with Gasteiger partial charge < -0.3 is 30.0 Å². The molecule has 2 aromatic carbocycles.